The van der Waals surface area contributed by atoms with Crippen molar-refractivity contribution in [2.75, 3.05) is 0 Å². The van der Waals surface area contributed by atoms with E-state index in [0.717, 1.165) is 11.5 Å². The topological polar surface area (TPSA) is 17.1 Å². The summed E-state index contributed by atoms with van der Waals surface area (Å²) in [7, 11) is 0. The molecule has 1 atom stereocenters. The molecule has 0 aliphatic heterocycles. The molecular formula is C11H14O. The molecule has 0 aromatic heterocycles. The quantitative estimate of drug-likeness (QED) is 0.579. The van der Waals surface area contributed by atoms with Crippen LogP contribution in [0.2, 0.25) is 0 Å². The van der Waals surface area contributed by atoms with Crippen molar-refractivity contribution in [3.05, 3.63) is 23.3 Å². The van der Waals surface area contributed by atoms with Gasteiger partial charge >= 0.3 is 0 Å². The summed E-state index contributed by atoms with van der Waals surface area (Å²) in [6, 6.07) is 0. The van der Waals surface area contributed by atoms with E-state index in [2.05, 4.69) is 13.0 Å². The molecule has 0 saturated heterocycles. The first kappa shape index (κ1) is 7.78. The van der Waals surface area contributed by atoms with Gasteiger partial charge in [0.15, 0.2) is 5.78 Å². The van der Waals surface area contributed by atoms with E-state index < -0.39 is 0 Å². The number of ketones is 1. The van der Waals surface area contributed by atoms with Crippen molar-refractivity contribution in [3.8, 4) is 0 Å². The first-order chi connectivity index (χ1) is 5.70. The molecule has 1 saturated carbocycles. The Morgan fingerprint density at radius 2 is 2.00 bits per heavy atom. The smallest absolute Gasteiger partial charge is 0.181 e. The number of carbonyl (C=O) groups is 1. The predicted octanol–water partition coefficient (Wildman–Crippen LogP) is 2.49. The lowest BCUT2D eigenvalue weighted by Crippen LogP contribution is -2.12. The van der Waals surface area contributed by atoms with Crippen LogP contribution < -0.4 is 0 Å². The van der Waals surface area contributed by atoms with Gasteiger partial charge in [-0.3, -0.25) is 4.79 Å². The first-order valence-electron chi connectivity index (χ1n) is 4.60. The highest BCUT2D eigenvalue weighted by atomic mass is 16.1. The summed E-state index contributed by atoms with van der Waals surface area (Å²) in [5.41, 5.74) is 2.26. The lowest BCUT2D eigenvalue weighted by atomic mass is 9.86. The number of carbonyl (C=O) groups excluding carboxylic acids is 1. The second-order valence-corrected chi connectivity index (χ2v) is 3.89. The van der Waals surface area contributed by atoms with Gasteiger partial charge in [-0.2, -0.15) is 0 Å². The van der Waals surface area contributed by atoms with Crippen molar-refractivity contribution in [2.45, 2.75) is 26.7 Å². The first-order valence-corrected chi connectivity index (χ1v) is 4.60. The van der Waals surface area contributed by atoms with Gasteiger partial charge in [-0.15, -0.1) is 0 Å². The van der Waals surface area contributed by atoms with Crippen molar-refractivity contribution >= 4 is 5.78 Å². The van der Waals surface area contributed by atoms with E-state index in [9.17, 15) is 4.79 Å². The predicted molar refractivity (Wildman–Crippen MR) is 48.7 cm³/mol. The third-order valence-corrected chi connectivity index (χ3v) is 3.05. The van der Waals surface area contributed by atoms with Gasteiger partial charge in [0.1, 0.15) is 0 Å². The monoisotopic (exact) mass is 162 g/mol. The molecule has 0 N–H and O–H groups in total. The highest BCUT2D eigenvalue weighted by Crippen LogP contribution is 2.43. The van der Waals surface area contributed by atoms with Crippen LogP contribution in [-0.4, -0.2) is 5.78 Å². The zero-order valence-electron chi connectivity index (χ0n) is 7.63. The zero-order chi connectivity index (χ0) is 8.72. The molecule has 1 nitrogen and oxygen atoms in total. The Bertz CT molecular complexity index is 279. The molecule has 64 valence electrons. The molecule has 1 heteroatoms. The summed E-state index contributed by atoms with van der Waals surface area (Å²) in [5.74, 6) is 1.61. The molecule has 2 aliphatic carbocycles. The van der Waals surface area contributed by atoms with Gasteiger partial charge in [-0.25, -0.2) is 0 Å². The third kappa shape index (κ3) is 1.13. The Balaban J connectivity index is 2.27. The summed E-state index contributed by atoms with van der Waals surface area (Å²) in [6.07, 6.45) is 6.51. The SMILES string of the molecule is CC1=C(C)C(C2CC2)C=CC1=O. The largest absolute Gasteiger partial charge is 0.290 e. The summed E-state index contributed by atoms with van der Waals surface area (Å²) in [5, 5.41) is 0. The molecule has 2 aliphatic rings. The fourth-order valence-corrected chi connectivity index (χ4v) is 1.87. The van der Waals surface area contributed by atoms with Gasteiger partial charge in [-0.1, -0.05) is 11.6 Å². The molecule has 0 bridgehead atoms. The summed E-state index contributed by atoms with van der Waals surface area (Å²) >= 11 is 0. The Morgan fingerprint density at radius 3 is 2.58 bits per heavy atom. The van der Waals surface area contributed by atoms with Crippen LogP contribution >= 0.6 is 0 Å². The van der Waals surface area contributed by atoms with Crippen LogP contribution in [0.5, 0.6) is 0 Å². The van der Waals surface area contributed by atoms with Gasteiger partial charge in [0.05, 0.1) is 0 Å². The van der Waals surface area contributed by atoms with Crippen molar-refractivity contribution in [2.24, 2.45) is 11.8 Å². The molecule has 1 fully saturated rings. The minimum atomic E-state index is 0.199. The van der Waals surface area contributed by atoms with E-state index in [-0.39, 0.29) is 5.78 Å². The molecule has 0 heterocycles. The van der Waals surface area contributed by atoms with Crippen LogP contribution in [0.1, 0.15) is 26.7 Å². The normalized spacial score (nSPS) is 29.8. The van der Waals surface area contributed by atoms with E-state index in [1.165, 1.54) is 18.4 Å². The van der Waals surface area contributed by atoms with Gasteiger partial charge in [0, 0.05) is 5.92 Å². The summed E-state index contributed by atoms with van der Waals surface area (Å²) in [6.45, 7) is 4.04. The van der Waals surface area contributed by atoms with E-state index in [4.69, 9.17) is 0 Å². The maximum Gasteiger partial charge on any atom is 0.181 e. The van der Waals surface area contributed by atoms with Crippen molar-refractivity contribution in [3.63, 3.8) is 0 Å². The average molecular weight is 162 g/mol. The Morgan fingerprint density at radius 1 is 1.33 bits per heavy atom. The highest BCUT2D eigenvalue weighted by Gasteiger charge is 2.33. The van der Waals surface area contributed by atoms with Crippen molar-refractivity contribution in [1.29, 1.82) is 0 Å². The molecule has 2 rings (SSSR count). The van der Waals surface area contributed by atoms with E-state index in [1.54, 1.807) is 6.08 Å². The van der Waals surface area contributed by atoms with Gasteiger partial charge in [0.2, 0.25) is 0 Å². The average Bonchev–Trinajstić information content (AvgIpc) is 2.84. The van der Waals surface area contributed by atoms with Crippen LogP contribution in [0.3, 0.4) is 0 Å². The molecule has 12 heavy (non-hydrogen) atoms. The summed E-state index contributed by atoms with van der Waals surface area (Å²) in [4.78, 5) is 11.2. The van der Waals surface area contributed by atoms with Gasteiger partial charge in [-0.05, 0) is 44.3 Å². The standard InChI is InChI=1S/C11H14O/c1-7-8(2)11(12)6-5-10(7)9-3-4-9/h5-6,9-10H,3-4H2,1-2H3. The Labute approximate surface area is 73.2 Å². The number of allylic oxidation sites excluding steroid dienone is 4. The second kappa shape index (κ2) is 2.58. The maximum absolute atomic E-state index is 11.2. The lowest BCUT2D eigenvalue weighted by Gasteiger charge is -2.18. The van der Waals surface area contributed by atoms with Crippen LogP contribution in [0.15, 0.2) is 23.3 Å². The third-order valence-electron chi connectivity index (χ3n) is 3.05. The maximum atomic E-state index is 11.2. The molecule has 1 unspecified atom stereocenters. The van der Waals surface area contributed by atoms with E-state index in [0.29, 0.717) is 5.92 Å². The Kier molecular flexibility index (Phi) is 1.67. The van der Waals surface area contributed by atoms with E-state index >= 15 is 0 Å². The number of rotatable bonds is 1. The molecule has 0 radical (unpaired) electrons. The Hall–Kier alpha value is -0.850. The number of hydrogen-bond acceptors (Lipinski definition) is 1. The molecule has 0 aromatic carbocycles. The molecule has 0 spiro atoms. The highest BCUT2D eigenvalue weighted by molar-refractivity contribution is 6.05. The molecule has 0 aromatic rings. The van der Waals surface area contributed by atoms with Crippen molar-refractivity contribution < 1.29 is 4.79 Å². The lowest BCUT2D eigenvalue weighted by molar-refractivity contribution is -0.111. The van der Waals surface area contributed by atoms with Crippen LogP contribution in [0.25, 0.3) is 0 Å². The fourth-order valence-electron chi connectivity index (χ4n) is 1.87. The van der Waals surface area contributed by atoms with Crippen LogP contribution in [0.4, 0.5) is 0 Å². The second-order valence-electron chi connectivity index (χ2n) is 3.89. The van der Waals surface area contributed by atoms with Gasteiger partial charge < -0.3 is 0 Å². The summed E-state index contributed by atoms with van der Waals surface area (Å²) < 4.78 is 0. The fraction of sp³-hybridized carbons (Fsp3) is 0.545. The van der Waals surface area contributed by atoms with Crippen molar-refractivity contribution in [1.82, 2.24) is 0 Å². The van der Waals surface area contributed by atoms with Crippen LogP contribution in [0, 0.1) is 11.8 Å². The van der Waals surface area contributed by atoms with Gasteiger partial charge in [0.25, 0.3) is 0 Å². The minimum Gasteiger partial charge on any atom is -0.290 e. The minimum absolute atomic E-state index is 0.199. The number of hydrogen-bond donors (Lipinski definition) is 0. The molecule has 0 amide bonds. The molecular weight excluding hydrogens is 148 g/mol. The van der Waals surface area contributed by atoms with Crippen LogP contribution in [-0.2, 0) is 4.79 Å². The van der Waals surface area contributed by atoms with E-state index in [1.807, 2.05) is 6.92 Å². The zero-order valence-corrected chi connectivity index (χ0v) is 7.63.